The molecule has 0 saturated carbocycles. The van der Waals surface area contributed by atoms with Crippen LogP contribution in [0.2, 0.25) is 0 Å². The van der Waals surface area contributed by atoms with Gasteiger partial charge in [-0.3, -0.25) is 0 Å². The molecule has 0 aromatic heterocycles. The van der Waals surface area contributed by atoms with Gasteiger partial charge in [-0.25, -0.2) is 4.79 Å². The Bertz CT molecular complexity index is 676. The first-order valence-electron chi connectivity index (χ1n) is 7.71. The molecule has 23 heavy (non-hydrogen) atoms. The van der Waals surface area contributed by atoms with Gasteiger partial charge < -0.3 is 15.0 Å². The fraction of sp³-hybridized carbons (Fsp3) is 0.278. The van der Waals surface area contributed by atoms with Crippen LogP contribution in [-0.4, -0.2) is 25.7 Å². The second-order valence-electron chi connectivity index (χ2n) is 5.46. The zero-order valence-electron chi connectivity index (χ0n) is 12.8. The largest absolute Gasteiger partial charge is 0.445 e. The maximum absolute atomic E-state index is 11.7. The van der Waals surface area contributed by atoms with E-state index in [-0.39, 0.29) is 6.09 Å². The monoisotopic (exact) mass is 374 g/mol. The molecule has 0 fully saturated rings. The van der Waals surface area contributed by atoms with Crippen LogP contribution >= 0.6 is 15.9 Å². The Morgan fingerprint density at radius 3 is 2.83 bits per heavy atom. The molecule has 1 N–H and O–H groups in total. The average molecular weight is 375 g/mol. The minimum Gasteiger partial charge on any atom is -0.445 e. The number of amides is 1. The van der Waals surface area contributed by atoms with E-state index < -0.39 is 0 Å². The highest BCUT2D eigenvalue weighted by Gasteiger charge is 2.20. The fourth-order valence-electron chi connectivity index (χ4n) is 2.76. The molecular weight excluding hydrogens is 356 g/mol. The number of ether oxygens (including phenoxy) is 1. The van der Waals surface area contributed by atoms with Gasteiger partial charge in [0, 0.05) is 29.8 Å². The number of fused-ring (bicyclic) bond motifs is 1. The van der Waals surface area contributed by atoms with Crippen LogP contribution in [-0.2, 0) is 17.8 Å². The van der Waals surface area contributed by atoms with Gasteiger partial charge in [0.25, 0.3) is 0 Å². The molecular formula is C18H19BrN2O2. The van der Waals surface area contributed by atoms with E-state index in [9.17, 15) is 4.79 Å². The van der Waals surface area contributed by atoms with Crippen LogP contribution in [0.4, 0.5) is 10.5 Å². The van der Waals surface area contributed by atoms with Crippen LogP contribution < -0.4 is 10.2 Å². The molecule has 0 saturated heterocycles. The van der Waals surface area contributed by atoms with Gasteiger partial charge in [-0.05, 0) is 29.7 Å². The molecule has 1 heterocycles. The van der Waals surface area contributed by atoms with Crippen molar-refractivity contribution in [3.8, 4) is 0 Å². The topological polar surface area (TPSA) is 41.6 Å². The van der Waals surface area contributed by atoms with E-state index in [0.29, 0.717) is 13.2 Å². The molecule has 0 spiro atoms. The van der Waals surface area contributed by atoms with E-state index >= 15 is 0 Å². The van der Waals surface area contributed by atoms with Crippen LogP contribution in [0.3, 0.4) is 0 Å². The number of benzene rings is 2. The molecule has 0 unspecified atom stereocenters. The molecule has 2 aromatic carbocycles. The van der Waals surface area contributed by atoms with Crippen LogP contribution in [0.25, 0.3) is 0 Å². The number of nitrogens with one attached hydrogen (secondary N) is 1. The molecule has 1 amide bonds. The van der Waals surface area contributed by atoms with Crippen molar-refractivity contribution in [2.75, 3.05) is 24.5 Å². The van der Waals surface area contributed by atoms with Crippen LogP contribution in [0.1, 0.15) is 11.1 Å². The summed E-state index contributed by atoms with van der Waals surface area (Å²) in [6.07, 6.45) is 0.664. The van der Waals surface area contributed by atoms with Gasteiger partial charge in [-0.1, -0.05) is 52.3 Å². The number of halogens is 1. The number of hydrogen-bond acceptors (Lipinski definition) is 3. The highest BCUT2D eigenvalue weighted by atomic mass is 79.9. The summed E-state index contributed by atoms with van der Waals surface area (Å²) in [7, 11) is 0. The van der Waals surface area contributed by atoms with Gasteiger partial charge in [-0.15, -0.1) is 0 Å². The van der Waals surface area contributed by atoms with Crippen molar-refractivity contribution in [1.29, 1.82) is 0 Å². The number of nitrogens with zero attached hydrogens (tertiary/aromatic N) is 1. The van der Waals surface area contributed by atoms with Crippen molar-refractivity contribution in [3.05, 3.63) is 64.1 Å². The number of alkyl carbamates (subject to hydrolysis) is 1. The molecule has 0 aliphatic carbocycles. The Balaban J connectivity index is 1.42. The predicted octanol–water partition coefficient (Wildman–Crippen LogP) is 3.74. The van der Waals surface area contributed by atoms with E-state index in [1.165, 1.54) is 11.3 Å². The molecule has 2 aromatic rings. The van der Waals surface area contributed by atoms with E-state index in [2.05, 4.69) is 38.3 Å². The highest BCUT2D eigenvalue weighted by molar-refractivity contribution is 9.10. The summed E-state index contributed by atoms with van der Waals surface area (Å²) in [5.41, 5.74) is 3.58. The van der Waals surface area contributed by atoms with E-state index in [1.54, 1.807) is 0 Å². The summed E-state index contributed by atoms with van der Waals surface area (Å²) in [5, 5.41) is 2.81. The van der Waals surface area contributed by atoms with Crippen molar-refractivity contribution in [2.24, 2.45) is 0 Å². The highest BCUT2D eigenvalue weighted by Crippen LogP contribution is 2.33. The maximum atomic E-state index is 11.7. The van der Waals surface area contributed by atoms with E-state index in [1.807, 2.05) is 36.4 Å². The third-order valence-corrected chi connectivity index (χ3v) is 4.67. The SMILES string of the molecule is O=C(NCCN1CCc2c(Br)cccc21)OCc1ccccc1. The third-order valence-electron chi connectivity index (χ3n) is 3.93. The van der Waals surface area contributed by atoms with Crippen molar-refractivity contribution >= 4 is 27.7 Å². The molecule has 5 heteroatoms. The van der Waals surface area contributed by atoms with Crippen LogP contribution in [0.5, 0.6) is 0 Å². The van der Waals surface area contributed by atoms with Gasteiger partial charge in [0.2, 0.25) is 0 Å². The first kappa shape index (κ1) is 15.9. The second kappa shape index (κ2) is 7.51. The quantitative estimate of drug-likeness (QED) is 0.866. The lowest BCUT2D eigenvalue weighted by Gasteiger charge is -2.19. The van der Waals surface area contributed by atoms with Crippen molar-refractivity contribution < 1.29 is 9.53 Å². The molecule has 0 radical (unpaired) electrons. The maximum Gasteiger partial charge on any atom is 0.407 e. The van der Waals surface area contributed by atoms with Crippen LogP contribution in [0, 0.1) is 0 Å². The standard InChI is InChI=1S/C18H19BrN2O2/c19-16-7-4-8-17-15(16)9-11-21(17)12-10-20-18(22)23-13-14-5-2-1-3-6-14/h1-8H,9-13H2,(H,20,22). The predicted molar refractivity (Wildman–Crippen MR) is 94.7 cm³/mol. The van der Waals surface area contributed by atoms with Crippen molar-refractivity contribution in [1.82, 2.24) is 5.32 Å². The Kier molecular flexibility index (Phi) is 5.18. The molecule has 1 aliphatic rings. The lowest BCUT2D eigenvalue weighted by atomic mass is 10.2. The van der Waals surface area contributed by atoms with Gasteiger partial charge >= 0.3 is 6.09 Å². The van der Waals surface area contributed by atoms with Crippen molar-refractivity contribution in [3.63, 3.8) is 0 Å². The smallest absolute Gasteiger partial charge is 0.407 e. The first-order chi connectivity index (χ1) is 11.2. The molecule has 1 aliphatic heterocycles. The first-order valence-corrected chi connectivity index (χ1v) is 8.50. The zero-order chi connectivity index (χ0) is 16.1. The second-order valence-corrected chi connectivity index (χ2v) is 6.32. The summed E-state index contributed by atoms with van der Waals surface area (Å²) >= 11 is 3.59. The van der Waals surface area contributed by atoms with Gasteiger partial charge in [0.15, 0.2) is 0 Å². The summed E-state index contributed by atoms with van der Waals surface area (Å²) in [6, 6.07) is 15.9. The van der Waals surface area contributed by atoms with Gasteiger partial charge in [-0.2, -0.15) is 0 Å². The van der Waals surface area contributed by atoms with Gasteiger partial charge in [0.1, 0.15) is 6.61 Å². The average Bonchev–Trinajstić information content (AvgIpc) is 2.99. The summed E-state index contributed by atoms with van der Waals surface area (Å²) in [5.74, 6) is 0. The third kappa shape index (κ3) is 4.05. The number of carbonyl (C=O) groups excluding carboxylic acids is 1. The normalized spacial score (nSPS) is 12.8. The molecule has 4 nitrogen and oxygen atoms in total. The molecule has 3 rings (SSSR count). The fourth-order valence-corrected chi connectivity index (χ4v) is 3.31. The lowest BCUT2D eigenvalue weighted by molar-refractivity contribution is 0.140. The zero-order valence-corrected chi connectivity index (χ0v) is 14.4. The Morgan fingerprint density at radius 1 is 1.17 bits per heavy atom. The lowest BCUT2D eigenvalue weighted by Crippen LogP contribution is -2.34. The Hall–Kier alpha value is -2.01. The number of rotatable bonds is 5. The number of carbonyl (C=O) groups is 1. The van der Waals surface area contributed by atoms with E-state index in [4.69, 9.17) is 4.74 Å². The number of anilines is 1. The van der Waals surface area contributed by atoms with Crippen LogP contribution in [0.15, 0.2) is 53.0 Å². The summed E-state index contributed by atoms with van der Waals surface area (Å²) in [6.45, 7) is 2.63. The van der Waals surface area contributed by atoms with E-state index in [0.717, 1.165) is 29.5 Å². The summed E-state index contributed by atoms with van der Waals surface area (Å²) < 4.78 is 6.37. The minimum absolute atomic E-state index is 0.298. The van der Waals surface area contributed by atoms with Crippen molar-refractivity contribution in [2.45, 2.75) is 13.0 Å². The molecule has 120 valence electrons. The van der Waals surface area contributed by atoms with Gasteiger partial charge in [0.05, 0.1) is 0 Å². The molecule has 0 bridgehead atoms. The summed E-state index contributed by atoms with van der Waals surface area (Å²) in [4.78, 5) is 14.0. The number of hydrogen-bond donors (Lipinski definition) is 1. The Morgan fingerprint density at radius 2 is 2.00 bits per heavy atom. The molecule has 0 atom stereocenters. The Labute approximate surface area is 144 Å². The minimum atomic E-state index is -0.373.